The Morgan fingerprint density at radius 2 is 1.81 bits per heavy atom. The standard InChI is InChI=1S/C20H23N3O4/c1-11(24)23-14-5-4-6-15(25)18(14)12(21-23)7-8-13-19-16(26)9-20(2,3)10-17(19)27-22-13/h4-10H2,1-3H3. The van der Waals surface area contributed by atoms with E-state index in [0.717, 1.165) is 6.42 Å². The number of hydrogen-bond acceptors (Lipinski definition) is 6. The van der Waals surface area contributed by atoms with E-state index in [4.69, 9.17) is 4.52 Å². The van der Waals surface area contributed by atoms with Crippen LogP contribution >= 0.6 is 0 Å². The van der Waals surface area contributed by atoms with Crippen molar-refractivity contribution in [3.63, 3.8) is 0 Å². The Hall–Kier alpha value is -2.57. The summed E-state index contributed by atoms with van der Waals surface area (Å²) in [4.78, 5) is 36.8. The van der Waals surface area contributed by atoms with E-state index in [0.29, 0.717) is 72.5 Å². The zero-order valence-corrected chi connectivity index (χ0v) is 15.9. The fraction of sp³-hybridized carbons (Fsp3) is 0.550. The summed E-state index contributed by atoms with van der Waals surface area (Å²) in [6, 6.07) is 0. The molecular weight excluding hydrogens is 346 g/mol. The van der Waals surface area contributed by atoms with E-state index >= 15 is 0 Å². The van der Waals surface area contributed by atoms with Crippen molar-refractivity contribution in [2.24, 2.45) is 5.41 Å². The van der Waals surface area contributed by atoms with Crippen molar-refractivity contribution in [1.82, 2.24) is 14.9 Å². The summed E-state index contributed by atoms with van der Waals surface area (Å²) >= 11 is 0. The average molecular weight is 369 g/mol. The van der Waals surface area contributed by atoms with Crippen molar-refractivity contribution in [3.8, 4) is 0 Å². The highest BCUT2D eigenvalue weighted by atomic mass is 16.5. The summed E-state index contributed by atoms with van der Waals surface area (Å²) in [7, 11) is 0. The molecule has 4 rings (SSSR count). The first kappa shape index (κ1) is 17.8. The Morgan fingerprint density at radius 1 is 1.07 bits per heavy atom. The zero-order chi connectivity index (χ0) is 19.3. The Labute approximate surface area is 157 Å². The van der Waals surface area contributed by atoms with Crippen molar-refractivity contribution < 1.29 is 18.9 Å². The molecule has 2 aliphatic carbocycles. The molecule has 27 heavy (non-hydrogen) atoms. The van der Waals surface area contributed by atoms with Gasteiger partial charge < -0.3 is 4.52 Å². The van der Waals surface area contributed by atoms with Crippen LogP contribution in [0.15, 0.2) is 4.52 Å². The van der Waals surface area contributed by atoms with Gasteiger partial charge in [-0.15, -0.1) is 0 Å². The van der Waals surface area contributed by atoms with Gasteiger partial charge in [0.1, 0.15) is 5.76 Å². The molecular formula is C20H23N3O4. The van der Waals surface area contributed by atoms with Crippen LogP contribution in [0, 0.1) is 5.41 Å². The second-order valence-corrected chi connectivity index (χ2v) is 8.34. The number of Topliss-reactive ketones (excluding diaryl/α,β-unsaturated/α-hetero) is 2. The molecule has 0 amide bonds. The van der Waals surface area contributed by atoms with Gasteiger partial charge in [-0.05, 0) is 31.1 Å². The third-order valence-corrected chi connectivity index (χ3v) is 5.44. The molecule has 0 unspecified atom stereocenters. The minimum atomic E-state index is -0.191. The zero-order valence-electron chi connectivity index (χ0n) is 15.9. The fourth-order valence-corrected chi connectivity index (χ4v) is 4.26. The molecule has 0 fully saturated rings. The quantitative estimate of drug-likeness (QED) is 0.825. The van der Waals surface area contributed by atoms with Crippen LogP contribution in [0.2, 0.25) is 0 Å². The summed E-state index contributed by atoms with van der Waals surface area (Å²) in [5.41, 5.74) is 3.02. The second kappa shape index (κ2) is 6.25. The van der Waals surface area contributed by atoms with Gasteiger partial charge >= 0.3 is 0 Å². The van der Waals surface area contributed by atoms with Crippen molar-refractivity contribution in [1.29, 1.82) is 0 Å². The van der Waals surface area contributed by atoms with E-state index < -0.39 is 0 Å². The van der Waals surface area contributed by atoms with E-state index in [1.807, 2.05) is 13.8 Å². The van der Waals surface area contributed by atoms with Crippen molar-refractivity contribution in [3.05, 3.63) is 34.0 Å². The van der Waals surface area contributed by atoms with Gasteiger partial charge in [-0.3, -0.25) is 14.4 Å². The lowest BCUT2D eigenvalue weighted by Crippen LogP contribution is -2.26. The first-order valence-corrected chi connectivity index (χ1v) is 9.42. The second-order valence-electron chi connectivity index (χ2n) is 8.34. The lowest BCUT2D eigenvalue weighted by Gasteiger charge is -2.26. The molecule has 0 saturated heterocycles. The Kier molecular flexibility index (Phi) is 4.13. The molecule has 2 aromatic heterocycles. The summed E-state index contributed by atoms with van der Waals surface area (Å²) in [5.74, 6) is 0.561. The van der Waals surface area contributed by atoms with E-state index in [-0.39, 0.29) is 22.9 Å². The van der Waals surface area contributed by atoms with Gasteiger partial charge in [0, 0.05) is 26.2 Å². The molecule has 0 radical (unpaired) electrons. The molecule has 2 heterocycles. The van der Waals surface area contributed by atoms with Crippen LogP contribution in [0.4, 0.5) is 0 Å². The minimum Gasteiger partial charge on any atom is -0.360 e. The lowest BCUT2D eigenvalue weighted by molar-refractivity contribution is 0.0895. The highest BCUT2D eigenvalue weighted by Crippen LogP contribution is 2.36. The maximum Gasteiger partial charge on any atom is 0.243 e. The number of carbonyl (C=O) groups excluding carboxylic acids is 3. The monoisotopic (exact) mass is 369 g/mol. The van der Waals surface area contributed by atoms with Gasteiger partial charge in [0.2, 0.25) is 5.91 Å². The summed E-state index contributed by atoms with van der Waals surface area (Å²) in [5, 5.41) is 8.52. The van der Waals surface area contributed by atoms with Crippen molar-refractivity contribution in [2.45, 2.75) is 65.7 Å². The number of ketones is 2. The van der Waals surface area contributed by atoms with E-state index in [1.54, 1.807) is 0 Å². The topological polar surface area (TPSA) is 95.1 Å². The van der Waals surface area contributed by atoms with Gasteiger partial charge in [0.15, 0.2) is 11.6 Å². The van der Waals surface area contributed by atoms with Crippen LogP contribution in [0.5, 0.6) is 0 Å². The van der Waals surface area contributed by atoms with E-state index in [1.165, 1.54) is 11.6 Å². The number of rotatable bonds is 3. The first-order valence-electron chi connectivity index (χ1n) is 9.42. The van der Waals surface area contributed by atoms with Crippen LogP contribution in [-0.2, 0) is 25.7 Å². The highest BCUT2D eigenvalue weighted by Gasteiger charge is 2.36. The average Bonchev–Trinajstić information content (AvgIpc) is 3.14. The summed E-state index contributed by atoms with van der Waals surface area (Å²) in [6.45, 7) is 5.54. The molecule has 0 spiro atoms. The van der Waals surface area contributed by atoms with Crippen LogP contribution in [0.1, 0.15) is 88.4 Å². The third-order valence-electron chi connectivity index (χ3n) is 5.44. The van der Waals surface area contributed by atoms with Gasteiger partial charge in [0.25, 0.3) is 0 Å². The SMILES string of the molecule is CC(=O)n1nc(CCc2noc3c2C(=O)CC(C)(C)C3)c2c1CCCC2=O. The van der Waals surface area contributed by atoms with Crippen molar-refractivity contribution >= 4 is 17.5 Å². The smallest absolute Gasteiger partial charge is 0.243 e. The molecule has 0 aromatic carbocycles. The Balaban J connectivity index is 1.63. The fourth-order valence-electron chi connectivity index (χ4n) is 4.26. The van der Waals surface area contributed by atoms with Crippen LogP contribution in [-0.4, -0.2) is 32.4 Å². The first-order chi connectivity index (χ1) is 12.8. The molecule has 0 atom stereocenters. The van der Waals surface area contributed by atoms with Gasteiger partial charge in [0.05, 0.1) is 28.2 Å². The number of aromatic nitrogens is 3. The number of nitrogens with zero attached hydrogens (tertiary/aromatic N) is 3. The molecule has 7 heteroatoms. The number of carbonyl (C=O) groups is 3. The van der Waals surface area contributed by atoms with E-state index in [2.05, 4.69) is 10.3 Å². The number of aryl methyl sites for hydroxylation is 2. The maximum absolute atomic E-state index is 12.6. The lowest BCUT2D eigenvalue weighted by atomic mass is 9.76. The predicted molar refractivity (Wildman–Crippen MR) is 96.1 cm³/mol. The van der Waals surface area contributed by atoms with Gasteiger partial charge in [-0.1, -0.05) is 19.0 Å². The van der Waals surface area contributed by atoms with E-state index in [9.17, 15) is 14.4 Å². The Bertz CT molecular complexity index is 964. The summed E-state index contributed by atoms with van der Waals surface area (Å²) < 4.78 is 6.80. The number of fused-ring (bicyclic) bond motifs is 2. The molecule has 2 aromatic rings. The predicted octanol–water partition coefficient (Wildman–Crippen LogP) is 2.99. The molecule has 0 aliphatic heterocycles. The molecule has 7 nitrogen and oxygen atoms in total. The number of hydrogen-bond donors (Lipinski definition) is 0. The molecule has 2 aliphatic rings. The van der Waals surface area contributed by atoms with Crippen LogP contribution < -0.4 is 0 Å². The third kappa shape index (κ3) is 3.05. The van der Waals surface area contributed by atoms with Gasteiger partial charge in [-0.2, -0.15) is 5.10 Å². The van der Waals surface area contributed by atoms with Crippen LogP contribution in [0.3, 0.4) is 0 Å². The highest BCUT2D eigenvalue weighted by molar-refractivity contribution is 6.00. The largest absolute Gasteiger partial charge is 0.360 e. The maximum atomic E-state index is 12.6. The van der Waals surface area contributed by atoms with Crippen LogP contribution in [0.25, 0.3) is 0 Å². The minimum absolute atomic E-state index is 0.0405. The van der Waals surface area contributed by atoms with Gasteiger partial charge in [-0.25, -0.2) is 4.68 Å². The molecule has 0 saturated carbocycles. The molecule has 0 N–H and O–H groups in total. The van der Waals surface area contributed by atoms with Crippen molar-refractivity contribution in [2.75, 3.05) is 0 Å². The molecule has 0 bridgehead atoms. The molecule has 142 valence electrons. The Morgan fingerprint density at radius 3 is 2.56 bits per heavy atom. The summed E-state index contributed by atoms with van der Waals surface area (Å²) in [6.07, 6.45) is 3.97. The normalized spacial score (nSPS) is 18.3.